The Labute approximate surface area is 95.1 Å². The van der Waals surface area contributed by atoms with Crippen molar-refractivity contribution in [3.63, 3.8) is 0 Å². The van der Waals surface area contributed by atoms with E-state index in [2.05, 4.69) is 5.10 Å². The van der Waals surface area contributed by atoms with Crippen molar-refractivity contribution in [2.45, 2.75) is 26.3 Å². The van der Waals surface area contributed by atoms with Crippen LogP contribution < -0.4 is 10.2 Å². The average Bonchev–Trinajstić information content (AvgIpc) is 2.59. The zero-order chi connectivity index (χ0) is 11.7. The molecule has 1 aromatic heterocycles. The molecule has 1 aromatic rings. The lowest BCUT2D eigenvalue weighted by Gasteiger charge is -2.21. The van der Waals surface area contributed by atoms with Gasteiger partial charge in [0.15, 0.2) is 5.69 Å². The number of hydrogen-bond acceptors (Lipinski definition) is 4. The largest absolute Gasteiger partial charge is 0.478 e. The van der Waals surface area contributed by atoms with E-state index in [-0.39, 0.29) is 17.2 Å². The molecule has 0 aromatic carbocycles. The van der Waals surface area contributed by atoms with Gasteiger partial charge in [0.05, 0.1) is 19.3 Å². The summed E-state index contributed by atoms with van der Waals surface area (Å²) < 4.78 is 11.9. The van der Waals surface area contributed by atoms with E-state index in [1.54, 1.807) is 11.6 Å². The van der Waals surface area contributed by atoms with Crippen molar-refractivity contribution >= 4 is 19.3 Å². The third kappa shape index (κ3) is 1.68. The maximum Gasteiger partial charge on any atom is 0.358 e. The van der Waals surface area contributed by atoms with E-state index >= 15 is 0 Å². The summed E-state index contributed by atoms with van der Waals surface area (Å²) in [6.07, 6.45) is 0.858. The van der Waals surface area contributed by atoms with Crippen LogP contribution in [-0.2, 0) is 4.74 Å². The zero-order valence-electron chi connectivity index (χ0n) is 9.40. The fourth-order valence-electron chi connectivity index (χ4n) is 1.67. The lowest BCUT2D eigenvalue weighted by molar-refractivity contribution is 0.0519. The Morgan fingerprint density at radius 3 is 3.12 bits per heavy atom. The Morgan fingerprint density at radius 2 is 2.50 bits per heavy atom. The van der Waals surface area contributed by atoms with Gasteiger partial charge in [-0.25, -0.2) is 9.48 Å². The molecule has 1 aliphatic rings. The third-order valence-corrected chi connectivity index (χ3v) is 2.56. The summed E-state index contributed by atoms with van der Waals surface area (Å²) in [7, 11) is 5.81. The average molecular weight is 220 g/mol. The molecule has 1 aliphatic heterocycles. The second kappa shape index (κ2) is 4.19. The summed E-state index contributed by atoms with van der Waals surface area (Å²) in [5.41, 5.74) is 0.413. The molecule has 5 nitrogen and oxygen atoms in total. The Morgan fingerprint density at radius 1 is 1.75 bits per heavy atom. The van der Waals surface area contributed by atoms with Crippen molar-refractivity contribution in [2.75, 3.05) is 13.2 Å². The lowest BCUT2D eigenvalue weighted by Crippen LogP contribution is -2.22. The van der Waals surface area contributed by atoms with Crippen molar-refractivity contribution in [3.8, 4) is 5.88 Å². The van der Waals surface area contributed by atoms with Crippen molar-refractivity contribution < 1.29 is 14.3 Å². The van der Waals surface area contributed by atoms with Gasteiger partial charge in [0.1, 0.15) is 7.85 Å². The van der Waals surface area contributed by atoms with Crippen LogP contribution in [0.5, 0.6) is 5.88 Å². The normalized spacial score (nSPS) is 18.8. The highest BCUT2D eigenvalue weighted by Gasteiger charge is 2.26. The minimum atomic E-state index is -0.502. The second-order valence-corrected chi connectivity index (χ2v) is 3.72. The molecule has 0 saturated heterocycles. The van der Waals surface area contributed by atoms with E-state index in [0.717, 1.165) is 6.42 Å². The molecule has 2 heterocycles. The molecule has 0 aliphatic carbocycles. The maximum absolute atomic E-state index is 11.6. The molecule has 0 N–H and O–H groups in total. The van der Waals surface area contributed by atoms with Crippen LogP contribution in [0.3, 0.4) is 0 Å². The minimum absolute atomic E-state index is 0.144. The van der Waals surface area contributed by atoms with Gasteiger partial charge >= 0.3 is 5.97 Å². The van der Waals surface area contributed by atoms with E-state index in [0.29, 0.717) is 19.1 Å². The molecule has 0 fully saturated rings. The molecular formula is C10H13BN2O3. The van der Waals surface area contributed by atoms with Gasteiger partial charge < -0.3 is 9.47 Å². The van der Waals surface area contributed by atoms with Crippen LogP contribution in [0.2, 0.25) is 0 Å². The molecule has 0 saturated carbocycles. The fraction of sp³-hybridized carbons (Fsp3) is 0.600. The van der Waals surface area contributed by atoms with Gasteiger partial charge in [-0.3, -0.25) is 0 Å². The van der Waals surface area contributed by atoms with Gasteiger partial charge in [-0.15, -0.1) is 0 Å². The number of carbonyl (C=O) groups is 1. The first-order valence-electron chi connectivity index (χ1n) is 5.33. The van der Waals surface area contributed by atoms with E-state index < -0.39 is 5.97 Å². The van der Waals surface area contributed by atoms with Gasteiger partial charge in [0, 0.05) is 6.42 Å². The molecule has 16 heavy (non-hydrogen) atoms. The summed E-state index contributed by atoms with van der Waals surface area (Å²) >= 11 is 0. The fourth-order valence-corrected chi connectivity index (χ4v) is 1.67. The van der Waals surface area contributed by atoms with Crippen LogP contribution >= 0.6 is 0 Å². The standard InChI is InChI=1S/C10H13BN2O3/c1-3-15-10(14)8-7(11)9-13(12-8)6(2)4-5-16-9/h6H,3-5H2,1-2H3. The Kier molecular flexibility index (Phi) is 2.89. The molecule has 0 bridgehead atoms. The topological polar surface area (TPSA) is 53.3 Å². The molecule has 0 amide bonds. The molecule has 84 valence electrons. The number of nitrogens with zero attached hydrogens (tertiary/aromatic N) is 2. The molecule has 0 spiro atoms. The first-order valence-corrected chi connectivity index (χ1v) is 5.33. The number of hydrogen-bond donors (Lipinski definition) is 0. The summed E-state index contributed by atoms with van der Waals surface area (Å²) in [6.45, 7) is 4.65. The summed E-state index contributed by atoms with van der Waals surface area (Å²) in [4.78, 5) is 11.6. The molecule has 1 unspecified atom stereocenters. The number of carbonyl (C=O) groups excluding carboxylic acids is 1. The van der Waals surface area contributed by atoms with Crippen LogP contribution in [0, 0.1) is 0 Å². The summed E-state index contributed by atoms with van der Waals surface area (Å²) in [5.74, 6) is -0.0282. The predicted molar refractivity (Wildman–Crippen MR) is 58.4 cm³/mol. The zero-order valence-corrected chi connectivity index (χ0v) is 9.40. The van der Waals surface area contributed by atoms with Gasteiger partial charge in [0.25, 0.3) is 0 Å². The van der Waals surface area contributed by atoms with Crippen LogP contribution in [0.4, 0.5) is 0 Å². The van der Waals surface area contributed by atoms with Crippen molar-refractivity contribution in [3.05, 3.63) is 5.69 Å². The number of aromatic nitrogens is 2. The number of ether oxygens (including phenoxy) is 2. The second-order valence-electron chi connectivity index (χ2n) is 3.72. The first kappa shape index (κ1) is 11.0. The molecule has 6 heteroatoms. The predicted octanol–water partition coefficient (Wildman–Crippen LogP) is 0.197. The third-order valence-electron chi connectivity index (χ3n) is 2.56. The molecular weight excluding hydrogens is 207 g/mol. The van der Waals surface area contributed by atoms with E-state index in [1.807, 2.05) is 6.92 Å². The quantitative estimate of drug-likeness (QED) is 0.527. The lowest BCUT2D eigenvalue weighted by atomic mass is 9.96. The molecule has 1 atom stereocenters. The first-order chi connectivity index (χ1) is 7.65. The van der Waals surface area contributed by atoms with Crippen molar-refractivity contribution in [1.29, 1.82) is 0 Å². The Balaban J connectivity index is 2.38. The van der Waals surface area contributed by atoms with E-state index in [9.17, 15) is 4.79 Å². The SMILES string of the molecule is [B]c1c(C(=O)OCC)nn2c1OCCC2C. The van der Waals surface area contributed by atoms with Crippen LogP contribution in [0.15, 0.2) is 0 Å². The van der Waals surface area contributed by atoms with Crippen molar-refractivity contribution in [2.24, 2.45) is 0 Å². The molecule has 2 radical (unpaired) electrons. The van der Waals surface area contributed by atoms with Crippen LogP contribution in [0.1, 0.15) is 36.8 Å². The number of rotatable bonds is 2. The highest BCUT2D eigenvalue weighted by atomic mass is 16.5. The van der Waals surface area contributed by atoms with Gasteiger partial charge in [-0.1, -0.05) is 0 Å². The smallest absolute Gasteiger partial charge is 0.358 e. The Bertz CT molecular complexity index is 416. The van der Waals surface area contributed by atoms with Crippen LogP contribution in [0.25, 0.3) is 0 Å². The minimum Gasteiger partial charge on any atom is -0.478 e. The highest BCUT2D eigenvalue weighted by Crippen LogP contribution is 2.23. The van der Waals surface area contributed by atoms with Gasteiger partial charge in [-0.05, 0) is 19.3 Å². The Hall–Kier alpha value is -1.46. The highest BCUT2D eigenvalue weighted by molar-refractivity contribution is 6.37. The van der Waals surface area contributed by atoms with Gasteiger partial charge in [-0.2, -0.15) is 5.10 Å². The van der Waals surface area contributed by atoms with Gasteiger partial charge in [0.2, 0.25) is 5.88 Å². The monoisotopic (exact) mass is 220 g/mol. The number of esters is 1. The number of fused-ring (bicyclic) bond motifs is 1. The summed E-state index contributed by atoms with van der Waals surface area (Å²) in [6, 6.07) is 0.189. The van der Waals surface area contributed by atoms with E-state index in [1.165, 1.54) is 0 Å². The maximum atomic E-state index is 11.6. The molecule has 2 rings (SSSR count). The van der Waals surface area contributed by atoms with Crippen molar-refractivity contribution in [1.82, 2.24) is 9.78 Å². The van der Waals surface area contributed by atoms with Crippen LogP contribution in [-0.4, -0.2) is 36.8 Å². The van der Waals surface area contributed by atoms with E-state index in [4.69, 9.17) is 17.3 Å². The summed E-state index contributed by atoms with van der Waals surface area (Å²) in [5, 5.41) is 4.14.